The first-order valence-electron chi connectivity index (χ1n) is 11.2. The van der Waals surface area contributed by atoms with Gasteiger partial charge in [-0.15, -0.1) is 0 Å². The van der Waals surface area contributed by atoms with Gasteiger partial charge in [0.25, 0.3) is 0 Å². The number of amides is 1. The molecule has 3 aromatic rings. The van der Waals surface area contributed by atoms with E-state index in [-0.39, 0.29) is 19.2 Å². The Labute approximate surface area is 203 Å². The lowest BCUT2D eigenvalue weighted by molar-refractivity contribution is 0.122. The fraction of sp³-hybridized carbons (Fsp3) is 0.292. The number of carbonyl (C=O) groups excluding carboxylic acids is 1. The number of benzene rings is 1. The van der Waals surface area contributed by atoms with E-state index in [1.807, 2.05) is 37.3 Å². The first-order valence-corrected chi connectivity index (χ1v) is 11.2. The summed E-state index contributed by atoms with van der Waals surface area (Å²) in [7, 11) is 0. The predicted octanol–water partition coefficient (Wildman–Crippen LogP) is 3.09. The SMILES string of the molecule is Cc1cccc(C=NNc2cc(N3CCOCC3)nc(OCCOC(=O)Nc3cccnc3)n2)c1. The monoisotopic (exact) mass is 477 g/mol. The van der Waals surface area contributed by atoms with Gasteiger partial charge in [0.1, 0.15) is 19.0 Å². The number of nitrogens with one attached hydrogen (secondary N) is 2. The second kappa shape index (κ2) is 12.3. The highest BCUT2D eigenvalue weighted by atomic mass is 16.6. The van der Waals surface area contributed by atoms with Crippen molar-refractivity contribution in [2.75, 3.05) is 55.2 Å². The van der Waals surface area contributed by atoms with E-state index >= 15 is 0 Å². The zero-order valence-corrected chi connectivity index (χ0v) is 19.4. The Hall–Kier alpha value is -4.25. The topological polar surface area (TPSA) is 123 Å². The summed E-state index contributed by atoms with van der Waals surface area (Å²) in [5.74, 6) is 1.18. The van der Waals surface area contributed by atoms with Gasteiger partial charge in [-0.25, -0.2) is 4.79 Å². The molecule has 11 nitrogen and oxygen atoms in total. The molecule has 1 aromatic carbocycles. The van der Waals surface area contributed by atoms with Gasteiger partial charge < -0.3 is 19.1 Å². The van der Waals surface area contributed by atoms with Crippen molar-refractivity contribution in [3.63, 3.8) is 0 Å². The second-order valence-corrected chi connectivity index (χ2v) is 7.63. The first kappa shape index (κ1) is 23.9. The summed E-state index contributed by atoms with van der Waals surface area (Å²) in [6, 6.07) is 13.4. The number of carbonyl (C=O) groups is 1. The summed E-state index contributed by atoms with van der Waals surface area (Å²) in [5.41, 5.74) is 5.61. The van der Waals surface area contributed by atoms with Gasteiger partial charge in [-0.1, -0.05) is 29.8 Å². The van der Waals surface area contributed by atoms with Crippen molar-refractivity contribution in [1.29, 1.82) is 0 Å². The van der Waals surface area contributed by atoms with Crippen molar-refractivity contribution < 1.29 is 19.0 Å². The zero-order valence-electron chi connectivity index (χ0n) is 19.4. The van der Waals surface area contributed by atoms with Gasteiger partial charge in [-0.05, 0) is 24.6 Å². The number of hydrazone groups is 1. The third-order valence-electron chi connectivity index (χ3n) is 4.92. The molecule has 0 radical (unpaired) electrons. The van der Waals surface area contributed by atoms with Crippen LogP contribution in [0.3, 0.4) is 0 Å². The van der Waals surface area contributed by atoms with Crippen LogP contribution in [0.4, 0.5) is 22.1 Å². The third-order valence-corrected chi connectivity index (χ3v) is 4.92. The molecule has 2 aromatic heterocycles. The van der Waals surface area contributed by atoms with Crippen molar-refractivity contribution in [2.45, 2.75) is 6.92 Å². The highest BCUT2D eigenvalue weighted by molar-refractivity contribution is 5.84. The van der Waals surface area contributed by atoms with Crippen LogP contribution in [0.2, 0.25) is 0 Å². The number of aryl methyl sites for hydroxylation is 1. The summed E-state index contributed by atoms with van der Waals surface area (Å²) in [6.45, 7) is 4.78. The van der Waals surface area contributed by atoms with Crippen LogP contribution in [-0.2, 0) is 9.47 Å². The number of aromatic nitrogens is 3. The quantitative estimate of drug-likeness (QED) is 0.272. The van der Waals surface area contributed by atoms with Gasteiger partial charge in [0, 0.05) is 25.4 Å². The van der Waals surface area contributed by atoms with Gasteiger partial charge in [0.2, 0.25) is 0 Å². The minimum atomic E-state index is -0.600. The molecular formula is C24H27N7O4. The van der Waals surface area contributed by atoms with E-state index in [0.717, 1.165) is 11.1 Å². The lowest BCUT2D eigenvalue weighted by atomic mass is 10.2. The molecule has 0 aliphatic carbocycles. The van der Waals surface area contributed by atoms with Crippen molar-refractivity contribution in [3.8, 4) is 6.01 Å². The Bertz CT molecular complexity index is 1140. The van der Waals surface area contributed by atoms with Crippen LogP contribution in [0.1, 0.15) is 11.1 Å². The smallest absolute Gasteiger partial charge is 0.411 e. The lowest BCUT2D eigenvalue weighted by Gasteiger charge is -2.28. The van der Waals surface area contributed by atoms with Gasteiger partial charge >= 0.3 is 12.1 Å². The van der Waals surface area contributed by atoms with Crippen LogP contribution in [0.25, 0.3) is 0 Å². The molecule has 0 unspecified atom stereocenters. The Morgan fingerprint density at radius 2 is 2.06 bits per heavy atom. The average molecular weight is 478 g/mol. The van der Waals surface area contributed by atoms with Crippen LogP contribution >= 0.6 is 0 Å². The molecule has 0 atom stereocenters. The summed E-state index contributed by atoms with van der Waals surface area (Å²) >= 11 is 0. The standard InChI is InChI=1S/C24H27N7O4/c1-18-4-2-5-19(14-18)16-26-30-21-15-22(31-8-10-33-11-9-31)29-23(28-21)34-12-13-35-24(32)27-20-6-3-7-25-17-20/h2-7,14-17H,8-13H2,1H3,(H,27,32)(H,28,29,30). The van der Waals surface area contributed by atoms with Crippen molar-refractivity contribution in [1.82, 2.24) is 15.0 Å². The fourth-order valence-corrected chi connectivity index (χ4v) is 3.27. The molecule has 1 aliphatic heterocycles. The number of pyridine rings is 1. The van der Waals surface area contributed by atoms with E-state index in [1.54, 1.807) is 24.5 Å². The van der Waals surface area contributed by atoms with Crippen molar-refractivity contribution in [2.24, 2.45) is 5.10 Å². The van der Waals surface area contributed by atoms with Gasteiger partial charge in [-0.3, -0.25) is 15.7 Å². The minimum absolute atomic E-state index is 0.0194. The highest BCUT2D eigenvalue weighted by Gasteiger charge is 2.16. The molecule has 0 saturated carbocycles. The summed E-state index contributed by atoms with van der Waals surface area (Å²) in [4.78, 5) is 26.8. The molecule has 0 spiro atoms. The molecule has 1 aliphatic rings. The molecule has 35 heavy (non-hydrogen) atoms. The molecule has 0 bridgehead atoms. The molecule has 182 valence electrons. The van der Waals surface area contributed by atoms with Crippen LogP contribution in [0.5, 0.6) is 6.01 Å². The van der Waals surface area contributed by atoms with Gasteiger partial charge in [-0.2, -0.15) is 15.1 Å². The van der Waals surface area contributed by atoms with Gasteiger partial charge in [0.05, 0.1) is 31.3 Å². The van der Waals surface area contributed by atoms with Crippen LogP contribution in [-0.4, -0.2) is 66.8 Å². The largest absolute Gasteiger partial charge is 0.460 e. The van der Waals surface area contributed by atoms with Crippen LogP contribution in [0, 0.1) is 6.92 Å². The van der Waals surface area contributed by atoms with E-state index in [2.05, 4.69) is 35.7 Å². The Balaban J connectivity index is 1.36. The van der Waals surface area contributed by atoms with E-state index < -0.39 is 6.09 Å². The van der Waals surface area contributed by atoms with Gasteiger partial charge in [0.15, 0.2) is 5.82 Å². The molecule has 1 saturated heterocycles. The van der Waals surface area contributed by atoms with Crippen LogP contribution in [0.15, 0.2) is 60.0 Å². The molecule has 4 rings (SSSR count). The number of hydrogen-bond donors (Lipinski definition) is 2. The molecule has 1 amide bonds. The number of anilines is 3. The Morgan fingerprint density at radius 3 is 2.86 bits per heavy atom. The highest BCUT2D eigenvalue weighted by Crippen LogP contribution is 2.20. The normalized spacial score (nSPS) is 13.5. The maximum absolute atomic E-state index is 11.9. The molecule has 1 fully saturated rings. The third kappa shape index (κ3) is 7.64. The number of ether oxygens (including phenoxy) is 3. The number of hydrogen-bond acceptors (Lipinski definition) is 10. The maximum atomic E-state index is 11.9. The molecule has 11 heteroatoms. The predicted molar refractivity (Wildman–Crippen MR) is 132 cm³/mol. The summed E-state index contributed by atoms with van der Waals surface area (Å²) in [5, 5.41) is 6.88. The zero-order chi connectivity index (χ0) is 24.3. The lowest BCUT2D eigenvalue weighted by Crippen LogP contribution is -2.36. The maximum Gasteiger partial charge on any atom is 0.411 e. The van der Waals surface area contributed by atoms with E-state index in [0.29, 0.717) is 43.6 Å². The summed E-state index contributed by atoms with van der Waals surface area (Å²) in [6.07, 6.45) is 4.27. The number of nitrogens with zero attached hydrogens (tertiary/aromatic N) is 5. The fourth-order valence-electron chi connectivity index (χ4n) is 3.27. The van der Waals surface area contributed by atoms with E-state index in [9.17, 15) is 4.79 Å². The second-order valence-electron chi connectivity index (χ2n) is 7.63. The number of morpholine rings is 1. The number of rotatable bonds is 9. The average Bonchev–Trinajstić information content (AvgIpc) is 2.88. The minimum Gasteiger partial charge on any atom is -0.460 e. The first-order chi connectivity index (χ1) is 17.2. The molecule has 3 heterocycles. The van der Waals surface area contributed by atoms with Crippen molar-refractivity contribution in [3.05, 3.63) is 66.0 Å². The Morgan fingerprint density at radius 1 is 1.17 bits per heavy atom. The Kier molecular flexibility index (Phi) is 8.38. The van der Waals surface area contributed by atoms with Crippen LogP contribution < -0.4 is 20.4 Å². The molecule has 2 N–H and O–H groups in total. The molecular weight excluding hydrogens is 450 g/mol. The van der Waals surface area contributed by atoms with E-state index in [1.165, 1.54) is 6.20 Å². The van der Waals surface area contributed by atoms with E-state index in [4.69, 9.17) is 14.2 Å². The van der Waals surface area contributed by atoms with Crippen molar-refractivity contribution >= 4 is 29.6 Å². The summed E-state index contributed by atoms with van der Waals surface area (Å²) < 4.78 is 16.2.